The molecule has 0 fully saturated rings. The van der Waals surface area contributed by atoms with Gasteiger partial charge >= 0.3 is 5.69 Å². The quantitative estimate of drug-likeness (QED) is 0.598. The lowest BCUT2D eigenvalue weighted by Gasteiger charge is -2.33. The zero-order valence-electron chi connectivity index (χ0n) is 17.1. The maximum atomic E-state index is 13.3. The minimum absolute atomic E-state index is 0.252. The van der Waals surface area contributed by atoms with Crippen molar-refractivity contribution in [2.45, 2.75) is 46.2 Å². The molecule has 2 aromatic heterocycles. The molecular weight excluding hydrogens is 390 g/mol. The van der Waals surface area contributed by atoms with Gasteiger partial charge in [-0.3, -0.25) is 13.9 Å². The summed E-state index contributed by atoms with van der Waals surface area (Å²) in [6, 6.07) is 7.61. The van der Waals surface area contributed by atoms with E-state index in [0.29, 0.717) is 41.1 Å². The number of halogens is 1. The molecule has 0 bridgehead atoms. The van der Waals surface area contributed by atoms with E-state index in [-0.39, 0.29) is 11.2 Å². The third-order valence-corrected chi connectivity index (χ3v) is 5.78. The molecule has 0 saturated heterocycles. The number of hydrogen-bond donors (Lipinski definition) is 0. The Kier molecular flexibility index (Phi) is 5.25. The summed E-state index contributed by atoms with van der Waals surface area (Å²) >= 11 is 6.21. The molecule has 0 amide bonds. The van der Waals surface area contributed by atoms with Gasteiger partial charge in [0.05, 0.1) is 0 Å². The first-order chi connectivity index (χ1) is 13.9. The zero-order valence-corrected chi connectivity index (χ0v) is 17.8. The van der Waals surface area contributed by atoms with Crippen LogP contribution in [0.1, 0.15) is 33.1 Å². The van der Waals surface area contributed by atoms with Crippen LogP contribution in [0.25, 0.3) is 11.2 Å². The van der Waals surface area contributed by atoms with Gasteiger partial charge in [0.15, 0.2) is 11.2 Å². The van der Waals surface area contributed by atoms with Gasteiger partial charge in [-0.1, -0.05) is 44.4 Å². The molecule has 1 aromatic carbocycles. The summed E-state index contributed by atoms with van der Waals surface area (Å²) in [5.74, 6) is 0.989. The van der Waals surface area contributed by atoms with Crippen molar-refractivity contribution in [3.63, 3.8) is 0 Å². The molecule has 3 heterocycles. The number of imidazole rings is 1. The van der Waals surface area contributed by atoms with Crippen molar-refractivity contribution < 1.29 is 0 Å². The van der Waals surface area contributed by atoms with Crippen molar-refractivity contribution >= 4 is 34.4 Å². The normalized spacial score (nSPS) is 16.4. The lowest BCUT2D eigenvalue weighted by atomic mass is 10.1. The van der Waals surface area contributed by atoms with Crippen molar-refractivity contribution in [3.8, 4) is 0 Å². The van der Waals surface area contributed by atoms with Crippen LogP contribution >= 0.6 is 11.6 Å². The first kappa shape index (κ1) is 19.8. The van der Waals surface area contributed by atoms with Crippen LogP contribution in [0, 0.1) is 5.92 Å². The van der Waals surface area contributed by atoms with E-state index in [1.54, 1.807) is 7.05 Å². The number of benzene rings is 1. The topological polar surface area (TPSA) is 65.1 Å². The molecule has 8 heteroatoms. The van der Waals surface area contributed by atoms with Crippen molar-refractivity contribution in [1.82, 2.24) is 18.7 Å². The highest BCUT2D eigenvalue weighted by molar-refractivity contribution is 6.30. The second kappa shape index (κ2) is 7.71. The van der Waals surface area contributed by atoms with E-state index in [1.165, 1.54) is 9.13 Å². The van der Waals surface area contributed by atoms with Crippen molar-refractivity contribution in [3.05, 3.63) is 50.1 Å². The number of aromatic nitrogens is 4. The first-order valence-corrected chi connectivity index (χ1v) is 10.5. The Labute approximate surface area is 174 Å². The summed E-state index contributed by atoms with van der Waals surface area (Å²) in [4.78, 5) is 32.9. The molecule has 7 nitrogen and oxygen atoms in total. The number of nitrogens with zero attached hydrogens (tertiary/aromatic N) is 5. The summed E-state index contributed by atoms with van der Waals surface area (Å²) in [7, 11) is 1.69. The molecule has 3 aromatic rings. The summed E-state index contributed by atoms with van der Waals surface area (Å²) in [6.07, 6.45) is 2.83. The highest BCUT2D eigenvalue weighted by Crippen LogP contribution is 2.33. The third kappa shape index (κ3) is 3.37. The maximum absolute atomic E-state index is 13.3. The fourth-order valence-electron chi connectivity index (χ4n) is 4.08. The minimum Gasteiger partial charge on any atom is -0.312 e. The number of fused-ring (bicyclic) bond motifs is 3. The summed E-state index contributed by atoms with van der Waals surface area (Å²) < 4.78 is 4.81. The van der Waals surface area contributed by atoms with Crippen LogP contribution in [-0.2, 0) is 20.1 Å². The predicted molar refractivity (Wildman–Crippen MR) is 116 cm³/mol. The van der Waals surface area contributed by atoms with Gasteiger partial charge in [0.2, 0.25) is 5.95 Å². The van der Waals surface area contributed by atoms with E-state index in [4.69, 9.17) is 16.6 Å². The molecule has 154 valence electrons. The molecule has 1 aliphatic heterocycles. The second-order valence-corrected chi connectivity index (χ2v) is 8.33. The molecule has 0 N–H and O–H groups in total. The summed E-state index contributed by atoms with van der Waals surface area (Å²) in [5.41, 5.74) is 1.29. The smallest absolute Gasteiger partial charge is 0.312 e. The van der Waals surface area contributed by atoms with Crippen LogP contribution in [0.4, 0.5) is 11.6 Å². The van der Waals surface area contributed by atoms with E-state index < -0.39 is 0 Å². The van der Waals surface area contributed by atoms with Gasteiger partial charge in [-0.15, -0.1) is 0 Å². The molecule has 1 atom stereocenters. The van der Waals surface area contributed by atoms with Crippen LogP contribution in [0.2, 0.25) is 5.02 Å². The Morgan fingerprint density at radius 2 is 2.00 bits per heavy atom. The van der Waals surface area contributed by atoms with Crippen LogP contribution in [0.5, 0.6) is 0 Å². The highest BCUT2D eigenvalue weighted by Gasteiger charge is 2.29. The minimum atomic E-state index is -0.309. The SMILES string of the molecule is CCCCCn1c(=O)c2c(nc3n2CC(C)CN3c2cccc(Cl)c2)n(C)c1=O. The molecular formula is C21H26ClN5O2. The average Bonchev–Trinajstić information content (AvgIpc) is 3.08. The second-order valence-electron chi connectivity index (χ2n) is 7.90. The van der Waals surface area contributed by atoms with E-state index in [0.717, 1.165) is 31.5 Å². The fourth-order valence-corrected chi connectivity index (χ4v) is 4.27. The van der Waals surface area contributed by atoms with Gasteiger partial charge in [0.1, 0.15) is 0 Å². The van der Waals surface area contributed by atoms with E-state index >= 15 is 0 Å². The van der Waals surface area contributed by atoms with Gasteiger partial charge in [-0.2, -0.15) is 4.98 Å². The Hall–Kier alpha value is -2.54. The molecule has 0 radical (unpaired) electrons. The van der Waals surface area contributed by atoms with Crippen LogP contribution in [0.3, 0.4) is 0 Å². The van der Waals surface area contributed by atoms with E-state index in [2.05, 4.69) is 18.7 Å². The Morgan fingerprint density at radius 1 is 1.21 bits per heavy atom. The van der Waals surface area contributed by atoms with Gasteiger partial charge < -0.3 is 9.47 Å². The molecule has 0 saturated carbocycles. The Balaban J connectivity index is 1.93. The monoisotopic (exact) mass is 415 g/mol. The number of hydrogen-bond acceptors (Lipinski definition) is 4. The standard InChI is InChI=1S/C21H26ClN5O2/c1-4-5-6-10-25-19(28)17-18(24(3)21(25)29)23-20-26(12-14(2)13-27(17)20)16-9-7-8-15(22)11-16/h7-9,11,14H,4-6,10,12-13H2,1-3H3. The van der Waals surface area contributed by atoms with E-state index in [1.807, 2.05) is 28.8 Å². The molecule has 4 rings (SSSR count). The lowest BCUT2D eigenvalue weighted by Crippen LogP contribution is -2.40. The fraction of sp³-hybridized carbons (Fsp3) is 0.476. The molecule has 0 aliphatic carbocycles. The predicted octanol–water partition coefficient (Wildman–Crippen LogP) is 3.53. The largest absolute Gasteiger partial charge is 0.332 e. The number of anilines is 2. The van der Waals surface area contributed by atoms with Gasteiger partial charge in [-0.25, -0.2) is 4.79 Å². The van der Waals surface area contributed by atoms with Crippen LogP contribution in [-0.4, -0.2) is 25.2 Å². The zero-order chi connectivity index (χ0) is 20.7. The van der Waals surface area contributed by atoms with E-state index in [9.17, 15) is 9.59 Å². The highest BCUT2D eigenvalue weighted by atomic mass is 35.5. The average molecular weight is 416 g/mol. The van der Waals surface area contributed by atoms with Gasteiger partial charge in [0.25, 0.3) is 5.56 Å². The summed E-state index contributed by atoms with van der Waals surface area (Å²) in [6.45, 7) is 6.13. The van der Waals surface area contributed by atoms with Crippen molar-refractivity contribution in [1.29, 1.82) is 0 Å². The van der Waals surface area contributed by atoms with Crippen LogP contribution in [0.15, 0.2) is 33.9 Å². The number of rotatable bonds is 5. The third-order valence-electron chi connectivity index (χ3n) is 5.55. The van der Waals surface area contributed by atoms with Crippen LogP contribution < -0.4 is 16.1 Å². The lowest BCUT2D eigenvalue weighted by molar-refractivity contribution is 0.457. The van der Waals surface area contributed by atoms with Gasteiger partial charge in [0, 0.05) is 37.4 Å². The van der Waals surface area contributed by atoms with Crippen molar-refractivity contribution in [2.75, 3.05) is 11.4 Å². The van der Waals surface area contributed by atoms with Gasteiger partial charge in [-0.05, 0) is 30.5 Å². The molecule has 1 unspecified atom stereocenters. The Bertz CT molecular complexity index is 1180. The number of aryl methyl sites for hydroxylation is 1. The number of unbranched alkanes of at least 4 members (excludes halogenated alkanes) is 2. The molecule has 29 heavy (non-hydrogen) atoms. The van der Waals surface area contributed by atoms with Crippen molar-refractivity contribution in [2.24, 2.45) is 13.0 Å². The summed E-state index contributed by atoms with van der Waals surface area (Å²) in [5, 5.41) is 0.647. The Morgan fingerprint density at radius 3 is 2.72 bits per heavy atom. The molecule has 0 spiro atoms. The first-order valence-electron chi connectivity index (χ1n) is 10.2. The maximum Gasteiger partial charge on any atom is 0.332 e. The molecule has 1 aliphatic rings.